The summed E-state index contributed by atoms with van der Waals surface area (Å²) in [6.45, 7) is 0. The average molecular weight is 1130 g/mol. The summed E-state index contributed by atoms with van der Waals surface area (Å²) in [5, 5.41) is 12.9. The molecule has 0 amide bonds. The van der Waals surface area contributed by atoms with Crippen molar-refractivity contribution in [3.05, 3.63) is 352 Å². The van der Waals surface area contributed by atoms with E-state index in [0.29, 0.717) is 0 Å². The summed E-state index contributed by atoms with van der Waals surface area (Å²) >= 11 is 0. The minimum absolute atomic E-state index is 0.935. The summed E-state index contributed by atoms with van der Waals surface area (Å²) in [7, 11) is -19.3. The third-order valence-corrected chi connectivity index (χ3v) is 38.5. The summed E-state index contributed by atoms with van der Waals surface area (Å²) in [4.78, 5) is 0. The minimum atomic E-state index is -4.22. The first-order chi connectivity index (χ1) is 40.1. The normalized spacial score (nSPS) is 15.4. The number of hydrogen-bond acceptors (Lipinski definition) is 4. The van der Waals surface area contributed by atoms with Crippen LogP contribution in [0.2, 0.25) is 0 Å². The van der Waals surface area contributed by atoms with E-state index in [2.05, 4.69) is 352 Å². The van der Waals surface area contributed by atoms with E-state index >= 15 is 0 Å². The highest BCUT2D eigenvalue weighted by molar-refractivity contribution is 7.20. The van der Waals surface area contributed by atoms with Gasteiger partial charge in [-0.25, -0.2) is 0 Å². The van der Waals surface area contributed by atoms with Crippen molar-refractivity contribution < 1.29 is 16.5 Å². The molecule has 0 atom stereocenters. The smallest absolute Gasteiger partial charge is 0.390 e. The van der Waals surface area contributed by atoms with Crippen molar-refractivity contribution in [3.63, 3.8) is 0 Å². The zero-order valence-corrected chi connectivity index (χ0v) is 49.6. The topological polar surface area (TPSA) is 36.9 Å². The van der Waals surface area contributed by atoms with Crippen LogP contribution in [0, 0.1) is 0 Å². The molecule has 0 bridgehead atoms. The van der Waals surface area contributed by atoms with Crippen LogP contribution in [0.3, 0.4) is 0 Å². The predicted molar refractivity (Wildman–Crippen MR) is 345 cm³/mol. The van der Waals surface area contributed by atoms with Gasteiger partial charge < -0.3 is 16.5 Å². The molecule has 0 radical (unpaired) electrons. The first kappa shape index (κ1) is 52.0. The maximum atomic E-state index is 8.84. The van der Waals surface area contributed by atoms with Gasteiger partial charge in [-0.1, -0.05) is 352 Å². The molecule has 0 aromatic heterocycles. The zero-order chi connectivity index (χ0) is 54.4. The Morgan fingerprint density at radius 2 is 0.383 bits per heavy atom. The van der Waals surface area contributed by atoms with Gasteiger partial charge in [0.15, 0.2) is 8.07 Å². The van der Waals surface area contributed by atoms with Gasteiger partial charge in [-0.15, -0.1) is 0 Å². The monoisotopic (exact) mass is 1130 g/mol. The fourth-order valence-electron chi connectivity index (χ4n) is 12.0. The van der Waals surface area contributed by atoms with Crippen LogP contribution >= 0.6 is 0 Å². The molecule has 1 aliphatic heterocycles. The van der Waals surface area contributed by atoms with Crippen molar-refractivity contribution in [2.45, 2.75) is 0 Å². The quantitative estimate of drug-likeness (QED) is 0.0865. The summed E-state index contributed by atoms with van der Waals surface area (Å²) in [5.74, 6) is 0. The molecule has 1 fully saturated rings. The Balaban J connectivity index is 1.10. The van der Waals surface area contributed by atoms with Crippen molar-refractivity contribution >= 4 is 105 Å². The van der Waals surface area contributed by atoms with E-state index in [4.69, 9.17) is 16.5 Å². The standard InChI is InChI=1S/C72H58O4Si5/c1-11-33-61(34-12-1)77(62-35-13-2-14-36-62,63-37-15-3-16-38-63)64-56-54-59(55-57-64)60-32-31-53-72(58-60)81(71-51-29-10-30-52-71)75-79(67-43-21-6-22-44-67,68-45-23-7-24-46-68)73-78(65-39-17-4-18-40-65,66-41-19-5-20-42-66)74-80(76-81,69-47-25-8-26-48-69)70-49-27-9-28-50-70/h1-58H. The van der Waals surface area contributed by atoms with E-state index in [-0.39, 0.29) is 0 Å². The van der Waals surface area contributed by atoms with E-state index in [1.807, 2.05) is 0 Å². The van der Waals surface area contributed by atoms with Crippen molar-refractivity contribution in [2.24, 2.45) is 0 Å². The maximum absolute atomic E-state index is 8.84. The van der Waals surface area contributed by atoms with E-state index in [0.717, 1.165) is 52.6 Å². The molecule has 390 valence electrons. The molecule has 1 saturated heterocycles. The van der Waals surface area contributed by atoms with Crippen molar-refractivity contribution in [1.82, 2.24) is 0 Å². The lowest BCUT2D eigenvalue weighted by Gasteiger charge is -2.53. The Bertz CT molecular complexity index is 3660. The SMILES string of the molecule is c1ccc([Si]2(c3ccccc3)O[Si](c3ccccc3)(c3ccccc3)O[Si](c3ccccc3)(c3cccc(-c4ccc([Si](c5ccccc5)(c5ccccc5)c5ccccc5)cc4)c3)O[Si](c3ccccc3)(c3ccccc3)O2)cc1. The van der Waals surface area contributed by atoms with Gasteiger partial charge in [0.2, 0.25) is 0 Å². The first-order valence-corrected chi connectivity index (χ1v) is 36.9. The van der Waals surface area contributed by atoms with E-state index in [1.165, 1.54) is 20.7 Å². The van der Waals surface area contributed by atoms with Gasteiger partial charge in [0, 0.05) is 0 Å². The molecule has 0 spiro atoms. The Morgan fingerprint density at radius 3 is 0.642 bits per heavy atom. The lowest BCUT2D eigenvalue weighted by Crippen LogP contribution is -2.88. The number of hydrogen-bond donors (Lipinski definition) is 0. The molecule has 12 aromatic carbocycles. The Kier molecular flexibility index (Phi) is 14.5. The van der Waals surface area contributed by atoms with Gasteiger partial charge in [0.25, 0.3) is 0 Å². The van der Waals surface area contributed by atoms with Crippen molar-refractivity contribution in [2.75, 3.05) is 0 Å². The molecule has 4 nitrogen and oxygen atoms in total. The van der Waals surface area contributed by atoms with Crippen molar-refractivity contribution in [3.8, 4) is 11.1 Å². The van der Waals surface area contributed by atoms with Gasteiger partial charge >= 0.3 is 34.2 Å². The van der Waals surface area contributed by atoms with Gasteiger partial charge in [0.05, 0.1) is 0 Å². The molecule has 0 aliphatic carbocycles. The van der Waals surface area contributed by atoms with Gasteiger partial charge in [-0.05, 0) is 73.4 Å². The van der Waals surface area contributed by atoms with Crippen LogP contribution in [0.5, 0.6) is 0 Å². The fraction of sp³-hybridized carbons (Fsp3) is 0. The van der Waals surface area contributed by atoms with Crippen LogP contribution in [0.25, 0.3) is 11.1 Å². The number of benzene rings is 12. The highest BCUT2D eigenvalue weighted by Crippen LogP contribution is 2.33. The lowest BCUT2D eigenvalue weighted by molar-refractivity contribution is 0.268. The van der Waals surface area contributed by atoms with Crippen LogP contribution in [-0.2, 0) is 16.5 Å². The van der Waals surface area contributed by atoms with Crippen molar-refractivity contribution in [1.29, 1.82) is 0 Å². The number of rotatable bonds is 13. The third-order valence-electron chi connectivity index (χ3n) is 15.7. The largest absolute Gasteiger partial charge is 0.402 e. The molecular weight excluding hydrogens is 1070 g/mol. The molecule has 12 aromatic rings. The second-order valence-electron chi connectivity index (χ2n) is 20.4. The van der Waals surface area contributed by atoms with E-state index < -0.39 is 42.3 Å². The third kappa shape index (κ3) is 9.44. The average Bonchev–Trinajstić information content (AvgIpc) is 3.65. The summed E-state index contributed by atoms with van der Waals surface area (Å²) in [6.07, 6.45) is 0. The van der Waals surface area contributed by atoms with Crippen LogP contribution in [0.4, 0.5) is 0 Å². The van der Waals surface area contributed by atoms with Crippen LogP contribution < -0.4 is 62.2 Å². The van der Waals surface area contributed by atoms with Crippen LogP contribution in [0.1, 0.15) is 0 Å². The summed E-state index contributed by atoms with van der Waals surface area (Å²) < 4.78 is 35.1. The van der Waals surface area contributed by atoms with E-state index in [1.54, 1.807) is 0 Å². The van der Waals surface area contributed by atoms with Gasteiger partial charge in [-0.3, -0.25) is 0 Å². The fourth-order valence-corrected chi connectivity index (χ4v) is 39.3. The summed E-state index contributed by atoms with van der Waals surface area (Å²) in [5.41, 5.74) is 2.12. The second-order valence-corrected chi connectivity index (χ2v) is 37.1. The first-order valence-electron chi connectivity index (χ1n) is 27.6. The molecule has 0 unspecified atom stereocenters. The molecular formula is C72H58O4Si5. The minimum Gasteiger partial charge on any atom is -0.402 e. The maximum Gasteiger partial charge on any atom is 0.390 e. The van der Waals surface area contributed by atoms with Gasteiger partial charge in [0.1, 0.15) is 0 Å². The molecule has 9 heteroatoms. The molecule has 81 heavy (non-hydrogen) atoms. The molecule has 1 heterocycles. The lowest BCUT2D eigenvalue weighted by atomic mass is 10.1. The summed E-state index contributed by atoms with van der Waals surface area (Å²) in [6, 6.07) is 126. The Hall–Kier alpha value is -8.44. The predicted octanol–water partition coefficient (Wildman–Crippen LogP) is 8.14. The van der Waals surface area contributed by atoms with E-state index in [9.17, 15) is 0 Å². The zero-order valence-electron chi connectivity index (χ0n) is 44.6. The Labute approximate surface area is 480 Å². The Morgan fingerprint density at radius 1 is 0.173 bits per heavy atom. The van der Waals surface area contributed by atoms with Crippen LogP contribution in [0.15, 0.2) is 352 Å². The highest BCUT2D eigenvalue weighted by Gasteiger charge is 2.68. The van der Waals surface area contributed by atoms with Gasteiger partial charge in [-0.2, -0.15) is 0 Å². The highest BCUT2D eigenvalue weighted by atomic mass is 28.5. The second kappa shape index (κ2) is 22.6. The molecule has 0 saturated carbocycles. The molecule has 1 aliphatic rings. The molecule has 0 N–H and O–H groups in total. The van der Waals surface area contributed by atoms with Crippen LogP contribution in [-0.4, -0.2) is 42.3 Å². The molecule has 13 rings (SSSR count).